The van der Waals surface area contributed by atoms with Crippen LogP contribution in [0.15, 0.2) is 24.3 Å². The molecule has 0 aromatic heterocycles. The fraction of sp³-hybridized carbons (Fsp3) is 0.588. The Morgan fingerprint density at radius 3 is 2.75 bits per heavy atom. The third-order valence-corrected chi connectivity index (χ3v) is 4.19. The van der Waals surface area contributed by atoms with Crippen molar-refractivity contribution in [2.24, 2.45) is 5.92 Å². The summed E-state index contributed by atoms with van der Waals surface area (Å²) >= 11 is 0. The molecule has 1 aromatic carbocycles. The third kappa shape index (κ3) is 4.34. The summed E-state index contributed by atoms with van der Waals surface area (Å²) in [7, 11) is 1.43. The van der Waals surface area contributed by atoms with Crippen molar-refractivity contribution >= 4 is 5.97 Å². The molecule has 0 spiro atoms. The Balaban J connectivity index is 1.77. The van der Waals surface area contributed by atoms with Crippen molar-refractivity contribution in [2.75, 3.05) is 13.7 Å². The van der Waals surface area contributed by atoms with E-state index in [1.165, 1.54) is 45.6 Å². The molecule has 1 fully saturated rings. The fourth-order valence-electron chi connectivity index (χ4n) is 2.99. The van der Waals surface area contributed by atoms with Gasteiger partial charge in [-0.2, -0.15) is 0 Å². The second-order valence-electron chi connectivity index (χ2n) is 5.62. The van der Waals surface area contributed by atoms with Crippen LogP contribution < -0.4 is 5.32 Å². The van der Waals surface area contributed by atoms with Crippen LogP contribution in [0.5, 0.6) is 0 Å². The quantitative estimate of drug-likeness (QED) is 0.637. The molecule has 1 saturated carbocycles. The summed E-state index contributed by atoms with van der Waals surface area (Å²) in [6.07, 6.45) is 8.24. The van der Waals surface area contributed by atoms with Gasteiger partial charge in [0.1, 0.15) is 0 Å². The van der Waals surface area contributed by atoms with E-state index in [4.69, 9.17) is 4.74 Å². The molecule has 0 heterocycles. The van der Waals surface area contributed by atoms with E-state index in [1.54, 1.807) is 0 Å². The van der Waals surface area contributed by atoms with E-state index in [9.17, 15) is 4.79 Å². The Hall–Kier alpha value is -1.35. The van der Waals surface area contributed by atoms with E-state index in [1.807, 2.05) is 24.3 Å². The van der Waals surface area contributed by atoms with E-state index in [0.29, 0.717) is 5.56 Å². The lowest BCUT2D eigenvalue weighted by molar-refractivity contribution is 0.0599. The number of rotatable bonds is 6. The standard InChI is InChI=1S/C17H25NO2/c1-20-17(19)16-10-6-5-9-15(16)13-18-12-11-14-7-3-2-4-8-14/h5-6,9-10,14,18H,2-4,7-8,11-13H2,1H3. The Morgan fingerprint density at radius 2 is 2.00 bits per heavy atom. The Bertz CT molecular complexity index is 425. The minimum Gasteiger partial charge on any atom is -0.465 e. The molecule has 1 aliphatic rings. The molecule has 0 amide bonds. The molecule has 1 aromatic rings. The highest BCUT2D eigenvalue weighted by molar-refractivity contribution is 5.90. The Kier molecular flexibility index (Phi) is 6.06. The van der Waals surface area contributed by atoms with Gasteiger partial charge in [-0.3, -0.25) is 0 Å². The molecule has 20 heavy (non-hydrogen) atoms. The maximum absolute atomic E-state index is 11.7. The molecule has 1 aliphatic carbocycles. The summed E-state index contributed by atoms with van der Waals surface area (Å²) in [6, 6.07) is 7.65. The largest absolute Gasteiger partial charge is 0.465 e. The highest BCUT2D eigenvalue weighted by atomic mass is 16.5. The van der Waals surface area contributed by atoms with Crippen molar-refractivity contribution in [3.8, 4) is 0 Å². The van der Waals surface area contributed by atoms with Gasteiger partial charge in [0.2, 0.25) is 0 Å². The van der Waals surface area contributed by atoms with Crippen LogP contribution in [0.25, 0.3) is 0 Å². The Morgan fingerprint density at radius 1 is 1.25 bits per heavy atom. The predicted octanol–water partition coefficient (Wildman–Crippen LogP) is 3.53. The molecule has 0 bridgehead atoms. The lowest BCUT2D eigenvalue weighted by Gasteiger charge is -2.21. The molecule has 0 unspecified atom stereocenters. The van der Waals surface area contributed by atoms with Gasteiger partial charge in [0.05, 0.1) is 12.7 Å². The topological polar surface area (TPSA) is 38.3 Å². The summed E-state index contributed by atoms with van der Waals surface area (Å²) in [4.78, 5) is 11.7. The average Bonchev–Trinajstić information content (AvgIpc) is 2.52. The molecule has 0 aliphatic heterocycles. The monoisotopic (exact) mass is 275 g/mol. The normalized spacial score (nSPS) is 16.1. The Labute approximate surface area is 121 Å². The third-order valence-electron chi connectivity index (χ3n) is 4.19. The molecule has 2 rings (SSSR count). The number of benzene rings is 1. The van der Waals surface area contributed by atoms with Gasteiger partial charge in [-0.15, -0.1) is 0 Å². The summed E-state index contributed by atoms with van der Waals surface area (Å²) in [5, 5.41) is 3.46. The molecular formula is C17H25NO2. The van der Waals surface area contributed by atoms with Crippen molar-refractivity contribution in [3.63, 3.8) is 0 Å². The minimum atomic E-state index is -0.255. The van der Waals surface area contributed by atoms with E-state index in [0.717, 1.165) is 24.6 Å². The number of carbonyl (C=O) groups excluding carboxylic acids is 1. The number of esters is 1. The van der Waals surface area contributed by atoms with Crippen LogP contribution in [0, 0.1) is 5.92 Å². The van der Waals surface area contributed by atoms with E-state index >= 15 is 0 Å². The molecule has 110 valence electrons. The van der Waals surface area contributed by atoms with Gasteiger partial charge in [-0.05, 0) is 30.5 Å². The van der Waals surface area contributed by atoms with Crippen molar-refractivity contribution in [3.05, 3.63) is 35.4 Å². The smallest absolute Gasteiger partial charge is 0.338 e. The van der Waals surface area contributed by atoms with Gasteiger partial charge in [-0.25, -0.2) is 4.79 Å². The second-order valence-corrected chi connectivity index (χ2v) is 5.62. The van der Waals surface area contributed by atoms with Crippen LogP contribution in [0.1, 0.15) is 54.4 Å². The predicted molar refractivity (Wildman–Crippen MR) is 80.7 cm³/mol. The van der Waals surface area contributed by atoms with E-state index in [-0.39, 0.29) is 5.97 Å². The molecule has 0 radical (unpaired) electrons. The van der Waals surface area contributed by atoms with Gasteiger partial charge < -0.3 is 10.1 Å². The summed E-state index contributed by atoms with van der Waals surface area (Å²) < 4.78 is 4.81. The van der Waals surface area contributed by atoms with E-state index < -0.39 is 0 Å². The number of methoxy groups -OCH3 is 1. The summed E-state index contributed by atoms with van der Waals surface area (Å²) in [5.74, 6) is 0.641. The van der Waals surface area contributed by atoms with Crippen LogP contribution in [-0.2, 0) is 11.3 Å². The maximum atomic E-state index is 11.7. The van der Waals surface area contributed by atoms with Gasteiger partial charge in [0.25, 0.3) is 0 Å². The van der Waals surface area contributed by atoms with Crippen molar-refractivity contribution in [1.82, 2.24) is 5.32 Å². The van der Waals surface area contributed by atoms with Crippen LogP contribution in [-0.4, -0.2) is 19.6 Å². The fourth-order valence-corrected chi connectivity index (χ4v) is 2.99. The minimum absolute atomic E-state index is 0.255. The molecule has 1 N–H and O–H groups in total. The number of carbonyl (C=O) groups is 1. The number of hydrogen-bond donors (Lipinski definition) is 1. The van der Waals surface area contributed by atoms with Crippen molar-refractivity contribution in [2.45, 2.75) is 45.1 Å². The first-order valence-corrected chi connectivity index (χ1v) is 7.68. The zero-order chi connectivity index (χ0) is 14.2. The lowest BCUT2D eigenvalue weighted by atomic mass is 9.87. The van der Waals surface area contributed by atoms with Gasteiger partial charge in [-0.1, -0.05) is 50.3 Å². The van der Waals surface area contributed by atoms with Crippen LogP contribution >= 0.6 is 0 Å². The summed E-state index contributed by atoms with van der Waals surface area (Å²) in [5.41, 5.74) is 1.68. The zero-order valence-electron chi connectivity index (χ0n) is 12.4. The molecule has 3 heteroatoms. The van der Waals surface area contributed by atoms with E-state index in [2.05, 4.69) is 5.32 Å². The van der Waals surface area contributed by atoms with Gasteiger partial charge in [0.15, 0.2) is 0 Å². The molecular weight excluding hydrogens is 250 g/mol. The van der Waals surface area contributed by atoms with Crippen LogP contribution in [0.3, 0.4) is 0 Å². The van der Waals surface area contributed by atoms with Crippen LogP contribution in [0.4, 0.5) is 0 Å². The first kappa shape index (κ1) is 15.0. The lowest BCUT2D eigenvalue weighted by Crippen LogP contribution is -2.20. The number of nitrogens with one attached hydrogen (secondary N) is 1. The molecule has 0 saturated heterocycles. The first-order chi connectivity index (χ1) is 9.81. The van der Waals surface area contributed by atoms with Gasteiger partial charge in [0, 0.05) is 6.54 Å². The SMILES string of the molecule is COC(=O)c1ccccc1CNCCC1CCCCC1. The first-order valence-electron chi connectivity index (χ1n) is 7.68. The van der Waals surface area contributed by atoms with Crippen molar-refractivity contribution < 1.29 is 9.53 Å². The zero-order valence-corrected chi connectivity index (χ0v) is 12.4. The maximum Gasteiger partial charge on any atom is 0.338 e. The highest BCUT2D eigenvalue weighted by Gasteiger charge is 2.13. The highest BCUT2D eigenvalue weighted by Crippen LogP contribution is 2.25. The van der Waals surface area contributed by atoms with Gasteiger partial charge >= 0.3 is 5.97 Å². The second kappa shape index (κ2) is 8.05. The van der Waals surface area contributed by atoms with Crippen LogP contribution in [0.2, 0.25) is 0 Å². The molecule has 0 atom stereocenters. The number of hydrogen-bond acceptors (Lipinski definition) is 3. The average molecular weight is 275 g/mol. The molecule has 3 nitrogen and oxygen atoms in total. The number of ether oxygens (including phenoxy) is 1. The summed E-state index contributed by atoms with van der Waals surface area (Å²) in [6.45, 7) is 1.76. The van der Waals surface area contributed by atoms with Crippen molar-refractivity contribution in [1.29, 1.82) is 0 Å².